The molecular formula is C8H16N2O2. The number of rotatable bonds is 2. The standard InChI is InChI=1S/C8H16N2O2/c1-2-11-12-8(9)10-6-4-3-5-7-10/h9H,2-7H2,1H3. The highest BCUT2D eigenvalue weighted by molar-refractivity contribution is 5.69. The average Bonchev–Trinajstić information content (AvgIpc) is 2.15. The van der Waals surface area contributed by atoms with Gasteiger partial charge in [0.1, 0.15) is 0 Å². The zero-order valence-corrected chi connectivity index (χ0v) is 7.51. The molecule has 1 fully saturated rings. The lowest BCUT2D eigenvalue weighted by atomic mass is 10.1. The molecule has 1 aliphatic heterocycles. The van der Waals surface area contributed by atoms with Gasteiger partial charge in [0.2, 0.25) is 0 Å². The highest BCUT2D eigenvalue weighted by Crippen LogP contribution is 2.08. The van der Waals surface area contributed by atoms with Crippen molar-refractivity contribution in [1.82, 2.24) is 4.90 Å². The summed E-state index contributed by atoms with van der Waals surface area (Å²) >= 11 is 0. The van der Waals surface area contributed by atoms with Crippen molar-refractivity contribution in [3.63, 3.8) is 0 Å². The van der Waals surface area contributed by atoms with Gasteiger partial charge >= 0.3 is 6.02 Å². The Morgan fingerprint density at radius 1 is 1.33 bits per heavy atom. The Balaban J connectivity index is 2.20. The topological polar surface area (TPSA) is 45.6 Å². The predicted octanol–water partition coefficient (Wildman–Crippen LogP) is 1.38. The molecule has 1 rings (SSSR count). The summed E-state index contributed by atoms with van der Waals surface area (Å²) < 4.78 is 0. The third kappa shape index (κ3) is 2.70. The third-order valence-electron chi connectivity index (χ3n) is 1.90. The molecule has 0 amide bonds. The quantitative estimate of drug-likeness (QED) is 0.296. The maximum Gasteiger partial charge on any atom is 0.322 e. The Bertz CT molecular complexity index is 144. The first-order valence-electron chi connectivity index (χ1n) is 4.47. The van der Waals surface area contributed by atoms with E-state index in [2.05, 4.69) is 4.89 Å². The SMILES string of the molecule is CCOOC(=N)N1CCCCC1. The Hall–Kier alpha value is -0.770. The number of piperidine rings is 1. The van der Waals surface area contributed by atoms with E-state index in [1.54, 1.807) is 0 Å². The number of nitrogens with one attached hydrogen (secondary N) is 1. The molecule has 70 valence electrons. The van der Waals surface area contributed by atoms with Crippen molar-refractivity contribution in [3.8, 4) is 0 Å². The summed E-state index contributed by atoms with van der Waals surface area (Å²) in [6.07, 6.45) is 3.56. The van der Waals surface area contributed by atoms with Gasteiger partial charge in [0, 0.05) is 13.1 Å². The first-order valence-corrected chi connectivity index (χ1v) is 4.47. The lowest BCUT2D eigenvalue weighted by Gasteiger charge is -2.26. The summed E-state index contributed by atoms with van der Waals surface area (Å²) in [5.41, 5.74) is 0. The van der Waals surface area contributed by atoms with E-state index >= 15 is 0 Å². The summed E-state index contributed by atoms with van der Waals surface area (Å²) in [6.45, 7) is 4.16. The van der Waals surface area contributed by atoms with Crippen molar-refractivity contribution in [2.24, 2.45) is 0 Å². The smallest absolute Gasteiger partial charge is 0.322 e. The van der Waals surface area contributed by atoms with Crippen molar-refractivity contribution in [1.29, 1.82) is 5.41 Å². The maximum absolute atomic E-state index is 7.47. The first-order chi connectivity index (χ1) is 5.84. The predicted molar refractivity (Wildman–Crippen MR) is 45.9 cm³/mol. The fraction of sp³-hybridized carbons (Fsp3) is 0.875. The normalized spacial score (nSPS) is 17.6. The molecule has 0 atom stereocenters. The van der Waals surface area contributed by atoms with Gasteiger partial charge in [0.15, 0.2) is 0 Å². The molecule has 1 aliphatic rings. The van der Waals surface area contributed by atoms with Crippen molar-refractivity contribution in [3.05, 3.63) is 0 Å². The first kappa shape index (κ1) is 9.32. The molecule has 0 bridgehead atoms. The molecule has 0 aromatic heterocycles. The zero-order valence-electron chi connectivity index (χ0n) is 7.51. The molecule has 4 nitrogen and oxygen atoms in total. The Morgan fingerprint density at radius 2 is 2.00 bits per heavy atom. The number of likely N-dealkylation sites (tertiary alicyclic amines) is 1. The summed E-state index contributed by atoms with van der Waals surface area (Å²) in [4.78, 5) is 11.3. The number of amidine groups is 1. The van der Waals surface area contributed by atoms with Crippen LogP contribution in [-0.4, -0.2) is 30.6 Å². The molecule has 0 aromatic rings. The van der Waals surface area contributed by atoms with Gasteiger partial charge in [-0.2, -0.15) is 4.89 Å². The van der Waals surface area contributed by atoms with Gasteiger partial charge in [-0.25, -0.2) is 5.41 Å². The summed E-state index contributed by atoms with van der Waals surface area (Å²) in [5.74, 6) is 0. The van der Waals surface area contributed by atoms with Crippen LogP contribution in [0.4, 0.5) is 0 Å². The van der Waals surface area contributed by atoms with E-state index in [-0.39, 0.29) is 6.02 Å². The van der Waals surface area contributed by atoms with Gasteiger partial charge in [-0.15, -0.1) is 0 Å². The van der Waals surface area contributed by atoms with Crippen LogP contribution in [0.5, 0.6) is 0 Å². The van der Waals surface area contributed by atoms with Crippen LogP contribution in [0.3, 0.4) is 0 Å². The molecule has 0 spiro atoms. The molecule has 1 heterocycles. The van der Waals surface area contributed by atoms with Crippen molar-refractivity contribution in [2.75, 3.05) is 19.7 Å². The van der Waals surface area contributed by atoms with E-state index in [1.165, 1.54) is 6.42 Å². The van der Waals surface area contributed by atoms with E-state index in [4.69, 9.17) is 10.3 Å². The van der Waals surface area contributed by atoms with Crippen LogP contribution in [0.15, 0.2) is 0 Å². The highest BCUT2D eigenvalue weighted by atomic mass is 17.2. The second kappa shape index (κ2) is 4.98. The molecule has 0 radical (unpaired) electrons. The van der Waals surface area contributed by atoms with Crippen LogP contribution in [0.25, 0.3) is 0 Å². The van der Waals surface area contributed by atoms with Gasteiger partial charge in [-0.05, 0) is 26.2 Å². The minimum absolute atomic E-state index is 0.150. The van der Waals surface area contributed by atoms with E-state index in [0.717, 1.165) is 25.9 Å². The molecule has 0 aromatic carbocycles. The van der Waals surface area contributed by atoms with Crippen LogP contribution in [0.1, 0.15) is 26.2 Å². The minimum atomic E-state index is 0.150. The van der Waals surface area contributed by atoms with Crippen LogP contribution >= 0.6 is 0 Å². The van der Waals surface area contributed by atoms with Crippen molar-refractivity contribution < 1.29 is 9.78 Å². The van der Waals surface area contributed by atoms with E-state index < -0.39 is 0 Å². The van der Waals surface area contributed by atoms with E-state index in [9.17, 15) is 0 Å². The monoisotopic (exact) mass is 172 g/mol. The number of hydrogen-bond donors (Lipinski definition) is 1. The van der Waals surface area contributed by atoms with Crippen LogP contribution in [0, 0.1) is 5.41 Å². The molecule has 1 saturated heterocycles. The number of hydrogen-bond acceptors (Lipinski definition) is 3. The Labute approximate surface area is 72.9 Å². The molecule has 0 unspecified atom stereocenters. The van der Waals surface area contributed by atoms with Gasteiger partial charge in [-0.3, -0.25) is 4.89 Å². The maximum atomic E-state index is 7.47. The second-order valence-electron chi connectivity index (χ2n) is 2.84. The van der Waals surface area contributed by atoms with E-state index in [0.29, 0.717) is 6.61 Å². The Kier molecular flexibility index (Phi) is 3.87. The van der Waals surface area contributed by atoms with Crippen molar-refractivity contribution in [2.45, 2.75) is 26.2 Å². The minimum Gasteiger partial charge on any atom is -0.324 e. The lowest BCUT2D eigenvalue weighted by molar-refractivity contribution is -0.228. The van der Waals surface area contributed by atoms with Crippen molar-refractivity contribution >= 4 is 6.02 Å². The third-order valence-corrected chi connectivity index (χ3v) is 1.90. The highest BCUT2D eigenvalue weighted by Gasteiger charge is 2.14. The summed E-state index contributed by atoms with van der Waals surface area (Å²) in [5, 5.41) is 7.47. The zero-order chi connectivity index (χ0) is 8.81. The molecule has 0 saturated carbocycles. The van der Waals surface area contributed by atoms with Gasteiger partial charge in [-0.1, -0.05) is 0 Å². The summed E-state index contributed by atoms with van der Waals surface area (Å²) in [6, 6.07) is 0.150. The average molecular weight is 172 g/mol. The fourth-order valence-corrected chi connectivity index (χ4v) is 1.26. The molecule has 12 heavy (non-hydrogen) atoms. The fourth-order valence-electron chi connectivity index (χ4n) is 1.26. The molecule has 1 N–H and O–H groups in total. The van der Waals surface area contributed by atoms with Gasteiger partial charge in [0.05, 0.1) is 6.61 Å². The molecule has 0 aliphatic carbocycles. The second-order valence-corrected chi connectivity index (χ2v) is 2.84. The van der Waals surface area contributed by atoms with Crippen LogP contribution in [-0.2, 0) is 9.78 Å². The molecular weight excluding hydrogens is 156 g/mol. The summed E-state index contributed by atoms with van der Waals surface area (Å²) in [7, 11) is 0. The van der Waals surface area contributed by atoms with Gasteiger partial charge in [0.25, 0.3) is 0 Å². The van der Waals surface area contributed by atoms with Crippen LogP contribution in [0.2, 0.25) is 0 Å². The number of nitrogens with zero attached hydrogens (tertiary/aromatic N) is 1. The molecule has 4 heteroatoms. The largest absolute Gasteiger partial charge is 0.324 e. The Morgan fingerprint density at radius 3 is 2.58 bits per heavy atom. The lowest BCUT2D eigenvalue weighted by Crippen LogP contribution is -2.36. The van der Waals surface area contributed by atoms with Gasteiger partial charge < -0.3 is 4.90 Å². The van der Waals surface area contributed by atoms with Crippen LogP contribution < -0.4 is 0 Å². The van der Waals surface area contributed by atoms with E-state index in [1.807, 2.05) is 11.8 Å².